The van der Waals surface area contributed by atoms with Gasteiger partial charge in [0.1, 0.15) is 6.04 Å². The van der Waals surface area contributed by atoms with E-state index in [1.54, 1.807) is 0 Å². The van der Waals surface area contributed by atoms with Gasteiger partial charge in [-0.3, -0.25) is 9.59 Å². The van der Waals surface area contributed by atoms with Crippen molar-refractivity contribution in [2.75, 3.05) is 6.54 Å². The highest BCUT2D eigenvalue weighted by Gasteiger charge is 2.27. The average molecular weight is 354 g/mol. The number of rotatable bonds is 7. The van der Waals surface area contributed by atoms with Gasteiger partial charge >= 0.3 is 0 Å². The van der Waals surface area contributed by atoms with Crippen LogP contribution in [0, 0.1) is 5.92 Å². The van der Waals surface area contributed by atoms with Gasteiger partial charge in [0.05, 0.1) is 6.04 Å². The lowest BCUT2D eigenvalue weighted by Crippen LogP contribution is -2.51. The van der Waals surface area contributed by atoms with E-state index in [4.69, 9.17) is 0 Å². The zero-order chi connectivity index (χ0) is 16.7. The molecule has 24 heavy (non-hydrogen) atoms. The van der Waals surface area contributed by atoms with Gasteiger partial charge in [-0.25, -0.2) is 0 Å². The van der Waals surface area contributed by atoms with E-state index in [1.165, 1.54) is 0 Å². The van der Waals surface area contributed by atoms with E-state index < -0.39 is 6.04 Å². The molecule has 5 nitrogen and oxygen atoms in total. The number of benzene rings is 1. The second-order valence-electron chi connectivity index (χ2n) is 6.54. The highest BCUT2D eigenvalue weighted by molar-refractivity contribution is 5.89. The minimum atomic E-state index is -0.478. The minimum Gasteiger partial charge on any atom is -0.350 e. The Bertz CT molecular complexity index is 516. The molecule has 2 rings (SSSR count). The molecule has 6 heteroatoms. The molecule has 2 atom stereocenters. The largest absolute Gasteiger partial charge is 0.350 e. The predicted octanol–water partition coefficient (Wildman–Crippen LogP) is 2.01. The molecule has 0 saturated carbocycles. The number of carbonyl (C=O) groups is 2. The van der Waals surface area contributed by atoms with Crippen LogP contribution in [0.25, 0.3) is 0 Å². The van der Waals surface area contributed by atoms with Crippen LogP contribution >= 0.6 is 12.4 Å². The second-order valence-corrected chi connectivity index (χ2v) is 6.54. The molecule has 1 aromatic rings. The van der Waals surface area contributed by atoms with Gasteiger partial charge in [-0.2, -0.15) is 0 Å². The Labute approximate surface area is 150 Å². The van der Waals surface area contributed by atoms with Crippen LogP contribution in [-0.2, 0) is 16.1 Å². The minimum absolute atomic E-state index is 0. The Morgan fingerprint density at radius 2 is 1.96 bits per heavy atom. The summed E-state index contributed by atoms with van der Waals surface area (Å²) >= 11 is 0. The third-order valence-corrected chi connectivity index (χ3v) is 4.03. The van der Waals surface area contributed by atoms with Crippen LogP contribution in [0.1, 0.15) is 38.7 Å². The molecule has 1 fully saturated rings. The summed E-state index contributed by atoms with van der Waals surface area (Å²) in [7, 11) is 0. The summed E-state index contributed by atoms with van der Waals surface area (Å²) in [6, 6.07) is 9.14. The van der Waals surface area contributed by atoms with Gasteiger partial charge in [-0.15, -0.1) is 12.4 Å². The van der Waals surface area contributed by atoms with E-state index in [9.17, 15) is 9.59 Å². The Morgan fingerprint density at radius 1 is 1.25 bits per heavy atom. The maximum atomic E-state index is 12.5. The second kappa shape index (κ2) is 10.3. The first kappa shape index (κ1) is 20.5. The molecule has 2 amide bonds. The van der Waals surface area contributed by atoms with E-state index in [-0.39, 0.29) is 30.3 Å². The van der Waals surface area contributed by atoms with Crippen LogP contribution < -0.4 is 16.0 Å². The number of nitrogens with one attached hydrogen (secondary N) is 3. The molecule has 0 aliphatic carbocycles. The van der Waals surface area contributed by atoms with Crippen LogP contribution in [-0.4, -0.2) is 30.4 Å². The first-order valence-corrected chi connectivity index (χ1v) is 8.41. The Morgan fingerprint density at radius 3 is 2.54 bits per heavy atom. The summed E-state index contributed by atoms with van der Waals surface area (Å²) < 4.78 is 0. The summed E-state index contributed by atoms with van der Waals surface area (Å²) in [5.74, 6) is 0.149. The van der Waals surface area contributed by atoms with Crippen LogP contribution in [0.5, 0.6) is 0 Å². The lowest BCUT2D eigenvalue weighted by Gasteiger charge is -2.22. The summed E-state index contributed by atoms with van der Waals surface area (Å²) in [6.07, 6.45) is 2.48. The molecule has 0 aromatic heterocycles. The van der Waals surface area contributed by atoms with Crippen LogP contribution in [0.2, 0.25) is 0 Å². The molecule has 1 aromatic carbocycles. The Kier molecular flexibility index (Phi) is 8.79. The smallest absolute Gasteiger partial charge is 0.242 e. The van der Waals surface area contributed by atoms with Gasteiger partial charge in [0.25, 0.3) is 0 Å². The topological polar surface area (TPSA) is 70.2 Å². The van der Waals surface area contributed by atoms with Crippen molar-refractivity contribution >= 4 is 24.2 Å². The lowest BCUT2D eigenvalue weighted by atomic mass is 10.0. The molecule has 1 aliphatic heterocycles. The van der Waals surface area contributed by atoms with E-state index >= 15 is 0 Å². The normalized spacial score (nSPS) is 17.9. The van der Waals surface area contributed by atoms with Gasteiger partial charge in [0.2, 0.25) is 11.8 Å². The third-order valence-electron chi connectivity index (χ3n) is 4.03. The first-order valence-electron chi connectivity index (χ1n) is 8.41. The monoisotopic (exact) mass is 353 g/mol. The van der Waals surface area contributed by atoms with Crippen LogP contribution in [0.15, 0.2) is 30.3 Å². The highest BCUT2D eigenvalue weighted by Crippen LogP contribution is 2.09. The zero-order valence-electron chi connectivity index (χ0n) is 14.4. The van der Waals surface area contributed by atoms with Gasteiger partial charge in [0, 0.05) is 6.54 Å². The molecule has 0 bridgehead atoms. The fourth-order valence-electron chi connectivity index (χ4n) is 2.79. The van der Waals surface area contributed by atoms with E-state index in [1.807, 2.05) is 30.3 Å². The SMILES string of the molecule is CC(C)C[C@H](NC(=O)[C@@H]1CCCN1)C(=O)NCc1ccccc1.Cl. The highest BCUT2D eigenvalue weighted by atomic mass is 35.5. The molecule has 0 radical (unpaired) electrons. The fraction of sp³-hybridized carbons (Fsp3) is 0.556. The molecular weight excluding hydrogens is 326 g/mol. The number of hydrogen-bond donors (Lipinski definition) is 3. The van der Waals surface area contributed by atoms with Crippen molar-refractivity contribution in [1.82, 2.24) is 16.0 Å². The molecule has 1 heterocycles. The molecule has 1 aliphatic rings. The van der Waals surface area contributed by atoms with Crippen molar-refractivity contribution in [1.29, 1.82) is 0 Å². The van der Waals surface area contributed by atoms with Gasteiger partial charge in [-0.05, 0) is 37.3 Å². The molecule has 1 saturated heterocycles. The van der Waals surface area contributed by atoms with Crippen molar-refractivity contribution in [3.8, 4) is 0 Å². The first-order chi connectivity index (χ1) is 11.1. The molecule has 134 valence electrons. The van der Waals surface area contributed by atoms with E-state index in [2.05, 4.69) is 29.8 Å². The summed E-state index contributed by atoms with van der Waals surface area (Å²) in [4.78, 5) is 24.7. The van der Waals surface area contributed by atoms with E-state index in [0.717, 1.165) is 24.9 Å². The van der Waals surface area contributed by atoms with Crippen molar-refractivity contribution < 1.29 is 9.59 Å². The summed E-state index contributed by atoms with van der Waals surface area (Å²) in [6.45, 7) is 5.45. The summed E-state index contributed by atoms with van der Waals surface area (Å²) in [5.41, 5.74) is 1.05. The zero-order valence-corrected chi connectivity index (χ0v) is 15.2. The molecular formula is C18H28ClN3O2. The average Bonchev–Trinajstić information content (AvgIpc) is 3.07. The maximum absolute atomic E-state index is 12.5. The summed E-state index contributed by atoms with van der Waals surface area (Å²) in [5, 5.41) is 9.01. The standard InChI is InChI=1S/C18H27N3O2.ClH/c1-13(2)11-16(21-18(23)15-9-6-10-19-15)17(22)20-12-14-7-4-3-5-8-14;/h3-5,7-8,13,15-16,19H,6,9-12H2,1-2H3,(H,20,22)(H,21,23);1H/t15-,16-;/m0./s1. The van der Waals surface area contributed by atoms with Crippen molar-refractivity contribution in [2.24, 2.45) is 5.92 Å². The van der Waals surface area contributed by atoms with Crippen LogP contribution in [0.3, 0.4) is 0 Å². The van der Waals surface area contributed by atoms with Gasteiger partial charge in [0.15, 0.2) is 0 Å². The number of hydrogen-bond acceptors (Lipinski definition) is 3. The molecule has 0 unspecified atom stereocenters. The lowest BCUT2D eigenvalue weighted by molar-refractivity contribution is -0.130. The Hall–Kier alpha value is -1.59. The number of carbonyl (C=O) groups excluding carboxylic acids is 2. The van der Waals surface area contributed by atoms with E-state index in [0.29, 0.717) is 18.9 Å². The number of amides is 2. The fourth-order valence-corrected chi connectivity index (χ4v) is 2.79. The quantitative estimate of drug-likeness (QED) is 0.702. The predicted molar refractivity (Wildman–Crippen MR) is 97.9 cm³/mol. The molecule has 0 spiro atoms. The van der Waals surface area contributed by atoms with Crippen LogP contribution in [0.4, 0.5) is 0 Å². The van der Waals surface area contributed by atoms with Crippen molar-refractivity contribution in [3.63, 3.8) is 0 Å². The molecule has 3 N–H and O–H groups in total. The third kappa shape index (κ3) is 6.49. The van der Waals surface area contributed by atoms with Gasteiger partial charge in [-0.1, -0.05) is 44.2 Å². The number of halogens is 1. The van der Waals surface area contributed by atoms with Crippen molar-refractivity contribution in [3.05, 3.63) is 35.9 Å². The van der Waals surface area contributed by atoms with Gasteiger partial charge < -0.3 is 16.0 Å². The Balaban J connectivity index is 0.00000288. The maximum Gasteiger partial charge on any atom is 0.242 e. The van der Waals surface area contributed by atoms with Crippen molar-refractivity contribution in [2.45, 2.75) is 51.7 Å².